The maximum Gasteiger partial charge on any atom is 0.253 e. The molecule has 0 radical (unpaired) electrons. The minimum Gasteiger partial charge on any atom is -0.348 e. The second-order valence-corrected chi connectivity index (χ2v) is 10.6. The lowest BCUT2D eigenvalue weighted by atomic mass is 10.1. The number of hydrogen-bond donors (Lipinski definition) is 2. The molecule has 0 aliphatic heterocycles. The van der Waals surface area contributed by atoms with Crippen molar-refractivity contribution in [2.75, 3.05) is 18.9 Å². The summed E-state index contributed by atoms with van der Waals surface area (Å²) in [5, 5.41) is 5.43. The standard InChI is InChI=1S/C21H20ClN3O4S2/c1-25(31(28,29)20-12-11-18(22)30-20)14-19(26)24-17-10-6-5-9-16(17)21(27)23-13-15-7-3-2-4-8-15/h2-12H,13-14H2,1H3,(H,23,27)(H,24,26). The fourth-order valence-corrected chi connectivity index (χ4v) is 5.55. The van der Waals surface area contributed by atoms with E-state index in [2.05, 4.69) is 10.6 Å². The number of carbonyl (C=O) groups is 2. The molecule has 2 amide bonds. The Morgan fingerprint density at radius 1 is 1.00 bits per heavy atom. The molecule has 162 valence electrons. The summed E-state index contributed by atoms with van der Waals surface area (Å²) in [6, 6.07) is 18.8. The van der Waals surface area contributed by atoms with Crippen molar-refractivity contribution >= 4 is 50.5 Å². The van der Waals surface area contributed by atoms with Crippen LogP contribution in [0.5, 0.6) is 0 Å². The maximum atomic E-state index is 12.6. The number of rotatable bonds is 8. The number of sulfonamides is 1. The summed E-state index contributed by atoms with van der Waals surface area (Å²) in [5.74, 6) is -0.925. The lowest BCUT2D eigenvalue weighted by molar-refractivity contribution is -0.116. The predicted octanol–water partition coefficient (Wildman–Crippen LogP) is 3.59. The average Bonchev–Trinajstić information content (AvgIpc) is 3.20. The smallest absolute Gasteiger partial charge is 0.253 e. The third-order valence-corrected chi connectivity index (χ3v) is 7.82. The van der Waals surface area contributed by atoms with Gasteiger partial charge in [0.15, 0.2) is 0 Å². The van der Waals surface area contributed by atoms with Crippen LogP contribution in [-0.4, -0.2) is 38.1 Å². The predicted molar refractivity (Wildman–Crippen MR) is 122 cm³/mol. The number of thiophene rings is 1. The van der Waals surface area contributed by atoms with Crippen LogP contribution in [0.3, 0.4) is 0 Å². The van der Waals surface area contributed by atoms with Crippen molar-refractivity contribution in [3.05, 3.63) is 82.2 Å². The Morgan fingerprint density at radius 2 is 1.68 bits per heavy atom. The van der Waals surface area contributed by atoms with E-state index in [0.717, 1.165) is 21.2 Å². The summed E-state index contributed by atoms with van der Waals surface area (Å²) < 4.78 is 26.4. The Bertz CT molecular complexity index is 1180. The van der Waals surface area contributed by atoms with Crippen LogP contribution in [0.1, 0.15) is 15.9 Å². The number of para-hydroxylation sites is 1. The molecule has 0 aliphatic rings. The van der Waals surface area contributed by atoms with Crippen molar-refractivity contribution in [2.24, 2.45) is 0 Å². The van der Waals surface area contributed by atoms with Crippen LogP contribution in [0.25, 0.3) is 0 Å². The summed E-state index contributed by atoms with van der Waals surface area (Å²) in [6.07, 6.45) is 0. The Kier molecular flexibility index (Phi) is 7.45. The summed E-state index contributed by atoms with van der Waals surface area (Å²) in [4.78, 5) is 25.1. The van der Waals surface area contributed by atoms with Gasteiger partial charge in [-0.05, 0) is 29.8 Å². The zero-order chi connectivity index (χ0) is 22.4. The van der Waals surface area contributed by atoms with Crippen LogP contribution in [0, 0.1) is 0 Å². The van der Waals surface area contributed by atoms with Crippen molar-refractivity contribution in [2.45, 2.75) is 10.8 Å². The molecule has 3 rings (SSSR count). The highest BCUT2D eigenvalue weighted by molar-refractivity contribution is 7.91. The lowest BCUT2D eigenvalue weighted by Crippen LogP contribution is -2.35. The average molecular weight is 478 g/mol. The fraction of sp³-hybridized carbons (Fsp3) is 0.143. The van der Waals surface area contributed by atoms with Crippen LogP contribution in [-0.2, 0) is 21.4 Å². The van der Waals surface area contributed by atoms with E-state index in [1.165, 1.54) is 19.2 Å². The van der Waals surface area contributed by atoms with Crippen LogP contribution in [0.4, 0.5) is 5.69 Å². The minimum atomic E-state index is -3.84. The van der Waals surface area contributed by atoms with E-state index in [1.807, 2.05) is 30.3 Å². The number of hydrogen-bond acceptors (Lipinski definition) is 5. The number of nitrogens with zero attached hydrogens (tertiary/aromatic N) is 1. The van der Waals surface area contributed by atoms with E-state index < -0.39 is 22.5 Å². The van der Waals surface area contributed by atoms with Gasteiger partial charge in [-0.3, -0.25) is 9.59 Å². The molecule has 0 atom stereocenters. The van der Waals surface area contributed by atoms with E-state index in [-0.39, 0.29) is 15.7 Å². The number of carbonyl (C=O) groups excluding carboxylic acids is 2. The van der Waals surface area contributed by atoms with Gasteiger partial charge in [0.2, 0.25) is 5.91 Å². The molecule has 0 spiro atoms. The van der Waals surface area contributed by atoms with E-state index in [1.54, 1.807) is 24.3 Å². The quantitative estimate of drug-likeness (QED) is 0.518. The lowest BCUT2D eigenvalue weighted by Gasteiger charge is -2.17. The summed E-state index contributed by atoms with van der Waals surface area (Å²) in [7, 11) is -2.54. The fourth-order valence-electron chi connectivity index (χ4n) is 2.73. The first kappa shape index (κ1) is 23.0. The zero-order valence-corrected chi connectivity index (χ0v) is 18.9. The number of benzene rings is 2. The molecule has 1 heterocycles. The molecular weight excluding hydrogens is 458 g/mol. The van der Waals surface area contributed by atoms with Gasteiger partial charge < -0.3 is 10.6 Å². The molecule has 0 unspecified atom stereocenters. The normalized spacial score (nSPS) is 11.3. The molecule has 0 fully saturated rings. The Balaban J connectivity index is 1.65. The Morgan fingerprint density at radius 3 is 2.35 bits per heavy atom. The summed E-state index contributed by atoms with van der Waals surface area (Å²) in [6.45, 7) is -0.0792. The molecule has 2 aromatic carbocycles. The van der Waals surface area contributed by atoms with Gasteiger partial charge >= 0.3 is 0 Å². The maximum absolute atomic E-state index is 12.6. The first-order valence-electron chi connectivity index (χ1n) is 9.20. The molecule has 3 aromatic rings. The van der Waals surface area contributed by atoms with Gasteiger partial charge in [0, 0.05) is 13.6 Å². The molecule has 2 N–H and O–H groups in total. The zero-order valence-electron chi connectivity index (χ0n) is 16.5. The van der Waals surface area contributed by atoms with E-state index in [9.17, 15) is 18.0 Å². The van der Waals surface area contributed by atoms with E-state index in [0.29, 0.717) is 16.6 Å². The first-order valence-corrected chi connectivity index (χ1v) is 11.8. The van der Waals surface area contributed by atoms with Gasteiger partial charge in [-0.1, -0.05) is 54.1 Å². The third kappa shape index (κ3) is 5.92. The van der Waals surface area contributed by atoms with Crippen LogP contribution < -0.4 is 10.6 Å². The minimum absolute atomic E-state index is 0.0495. The number of nitrogens with one attached hydrogen (secondary N) is 2. The van der Waals surface area contributed by atoms with Gasteiger partial charge in [-0.2, -0.15) is 4.31 Å². The highest BCUT2D eigenvalue weighted by Crippen LogP contribution is 2.27. The molecule has 0 saturated heterocycles. The Labute approximate surface area is 189 Å². The summed E-state index contributed by atoms with van der Waals surface area (Å²) in [5.41, 5.74) is 1.52. The number of anilines is 1. The van der Waals surface area contributed by atoms with E-state index in [4.69, 9.17) is 11.6 Å². The largest absolute Gasteiger partial charge is 0.348 e. The molecular formula is C21H20ClN3O4S2. The highest BCUT2D eigenvalue weighted by atomic mass is 35.5. The van der Waals surface area contributed by atoms with Gasteiger partial charge in [0.05, 0.1) is 22.1 Å². The third-order valence-electron chi connectivity index (χ3n) is 4.32. The molecule has 0 bridgehead atoms. The van der Waals surface area contributed by atoms with Gasteiger partial charge in [0.25, 0.3) is 15.9 Å². The van der Waals surface area contributed by atoms with Crippen LogP contribution in [0.2, 0.25) is 4.34 Å². The highest BCUT2D eigenvalue weighted by Gasteiger charge is 2.25. The van der Waals surface area contributed by atoms with Crippen molar-refractivity contribution in [1.29, 1.82) is 0 Å². The number of amides is 2. The van der Waals surface area contributed by atoms with E-state index >= 15 is 0 Å². The topological polar surface area (TPSA) is 95.6 Å². The molecule has 1 aromatic heterocycles. The molecule has 10 heteroatoms. The monoisotopic (exact) mass is 477 g/mol. The van der Waals surface area contributed by atoms with Crippen molar-refractivity contribution in [3.63, 3.8) is 0 Å². The SMILES string of the molecule is CN(CC(=O)Nc1ccccc1C(=O)NCc1ccccc1)S(=O)(=O)c1ccc(Cl)s1. The number of likely N-dealkylation sites (N-methyl/N-ethyl adjacent to an activating group) is 1. The van der Waals surface area contributed by atoms with Crippen molar-refractivity contribution in [1.82, 2.24) is 9.62 Å². The molecule has 31 heavy (non-hydrogen) atoms. The van der Waals surface area contributed by atoms with Crippen LogP contribution in [0.15, 0.2) is 70.9 Å². The van der Waals surface area contributed by atoms with Crippen molar-refractivity contribution < 1.29 is 18.0 Å². The Hall–Kier alpha value is -2.72. The van der Waals surface area contributed by atoms with Gasteiger partial charge in [0.1, 0.15) is 4.21 Å². The summed E-state index contributed by atoms with van der Waals surface area (Å²) >= 11 is 6.73. The molecule has 0 saturated carbocycles. The second kappa shape index (κ2) is 10.1. The van der Waals surface area contributed by atoms with Crippen molar-refractivity contribution in [3.8, 4) is 0 Å². The van der Waals surface area contributed by atoms with Gasteiger partial charge in [-0.15, -0.1) is 11.3 Å². The molecule has 7 nitrogen and oxygen atoms in total. The number of halogens is 1. The van der Waals surface area contributed by atoms with Gasteiger partial charge in [-0.25, -0.2) is 8.42 Å². The first-order chi connectivity index (χ1) is 14.8. The van der Waals surface area contributed by atoms with Crippen LogP contribution >= 0.6 is 22.9 Å². The second-order valence-electron chi connectivity index (χ2n) is 6.58. The molecule has 0 aliphatic carbocycles.